The summed E-state index contributed by atoms with van der Waals surface area (Å²) in [7, 11) is -1.34. The summed E-state index contributed by atoms with van der Waals surface area (Å²) in [5, 5.41) is 6.09. The van der Waals surface area contributed by atoms with Crippen molar-refractivity contribution >= 4 is 57.1 Å². The number of pyridine rings is 2. The molecule has 1 radical (unpaired) electrons. The van der Waals surface area contributed by atoms with Crippen molar-refractivity contribution in [3.05, 3.63) is 149 Å². The van der Waals surface area contributed by atoms with Gasteiger partial charge in [0.2, 0.25) is 5.71 Å². The third-order valence-electron chi connectivity index (χ3n) is 11.9. The molecule has 7 heteroatoms. The second kappa shape index (κ2) is 18.5. The standard InChI is InChI=1S/C38H36N3O.C18H24NSi.Ir/c1-21(2)30-20-25-11-8-9-12-26(25)34(23(5)6)35(30)41-33-18-15-24(7)19-32(33)39-37(41)29-14-10-13-27-28-16-17-31(22(3)4)40-38(28)42-36(27)29;1-14(2)11-16-12-17(15-9-7-6-8-10-15)19-13-18(16)20(3,4)5;/h8-13,15-23H,1-7H3;6-9,12-14H,11H2,1-5H3;/q2*-1;. The van der Waals surface area contributed by atoms with Gasteiger partial charge in [-0.05, 0) is 106 Å². The first-order chi connectivity index (χ1) is 29.6. The van der Waals surface area contributed by atoms with E-state index in [4.69, 9.17) is 14.4 Å². The van der Waals surface area contributed by atoms with E-state index < -0.39 is 8.07 Å². The number of aromatic nitrogens is 4. The minimum absolute atomic E-state index is 0. The maximum absolute atomic E-state index is 6.57. The molecule has 0 spiro atoms. The summed E-state index contributed by atoms with van der Waals surface area (Å²) in [5.74, 6) is 2.42. The van der Waals surface area contributed by atoms with E-state index >= 15 is 0 Å². The van der Waals surface area contributed by atoms with E-state index in [2.05, 4.69) is 189 Å². The van der Waals surface area contributed by atoms with Crippen LogP contribution in [0.2, 0.25) is 19.6 Å². The summed E-state index contributed by atoms with van der Waals surface area (Å²) < 4.78 is 8.94. The molecule has 0 unspecified atom stereocenters. The van der Waals surface area contributed by atoms with Gasteiger partial charge in [-0.2, -0.15) is 0 Å². The van der Waals surface area contributed by atoms with Crippen LogP contribution in [-0.4, -0.2) is 27.6 Å². The first-order valence-electron chi connectivity index (χ1n) is 22.4. The van der Waals surface area contributed by atoms with E-state index in [-0.39, 0.29) is 20.1 Å². The smallest absolute Gasteiger partial charge is 0.216 e. The van der Waals surface area contributed by atoms with Gasteiger partial charge in [0, 0.05) is 43.1 Å². The minimum atomic E-state index is -1.34. The van der Waals surface area contributed by atoms with Crippen molar-refractivity contribution in [3.63, 3.8) is 0 Å². The van der Waals surface area contributed by atoms with Gasteiger partial charge in [0.05, 0.1) is 30.5 Å². The molecule has 5 aromatic carbocycles. The summed E-state index contributed by atoms with van der Waals surface area (Å²) in [5.41, 5.74) is 14.0. The average molecular weight is 1030 g/mol. The molecular weight excluding hydrogens is 965 g/mol. The van der Waals surface area contributed by atoms with Crippen LogP contribution in [0, 0.1) is 25.0 Å². The van der Waals surface area contributed by atoms with Gasteiger partial charge in [-0.15, -0.1) is 54.1 Å². The van der Waals surface area contributed by atoms with Gasteiger partial charge < -0.3 is 14.0 Å². The Morgan fingerprint density at radius 3 is 2.16 bits per heavy atom. The maximum atomic E-state index is 6.57. The van der Waals surface area contributed by atoms with Gasteiger partial charge in [-0.1, -0.05) is 128 Å². The molecular formula is C56H60IrN4OSi-2. The fraction of sp³-hybridized carbons (Fsp3) is 0.304. The normalized spacial score (nSPS) is 12.0. The van der Waals surface area contributed by atoms with Crippen LogP contribution in [0.25, 0.3) is 72.2 Å². The van der Waals surface area contributed by atoms with Crippen LogP contribution < -0.4 is 5.19 Å². The summed E-state index contributed by atoms with van der Waals surface area (Å²) in [6.07, 6.45) is 3.24. The molecule has 0 saturated heterocycles. The van der Waals surface area contributed by atoms with Crippen molar-refractivity contribution in [1.29, 1.82) is 0 Å². The number of hydrogen-bond acceptors (Lipinski definition) is 4. The van der Waals surface area contributed by atoms with Gasteiger partial charge in [0.25, 0.3) is 0 Å². The van der Waals surface area contributed by atoms with Crippen LogP contribution in [0.5, 0.6) is 0 Å². The number of nitrogens with zero attached hydrogens (tertiary/aromatic N) is 4. The summed E-state index contributed by atoms with van der Waals surface area (Å²) in [4.78, 5) is 14.9. The second-order valence-electron chi connectivity index (χ2n) is 19.3. The first-order valence-corrected chi connectivity index (χ1v) is 25.9. The number of fused-ring (bicyclic) bond motifs is 5. The molecule has 0 saturated carbocycles. The quantitative estimate of drug-likeness (QED) is 0.107. The van der Waals surface area contributed by atoms with E-state index in [0.717, 1.165) is 62.1 Å². The molecule has 0 N–H and O–H groups in total. The van der Waals surface area contributed by atoms with Crippen LogP contribution >= 0.6 is 0 Å². The molecule has 5 nitrogen and oxygen atoms in total. The van der Waals surface area contributed by atoms with Gasteiger partial charge in [-0.25, -0.2) is 4.98 Å². The van der Waals surface area contributed by atoms with E-state index in [1.807, 2.05) is 24.3 Å². The Balaban J connectivity index is 0.000000239. The van der Waals surface area contributed by atoms with Crippen molar-refractivity contribution in [2.24, 2.45) is 5.92 Å². The Kier molecular flexibility index (Phi) is 13.4. The van der Waals surface area contributed by atoms with Crippen LogP contribution in [-0.2, 0) is 26.5 Å². The molecule has 0 aliphatic heterocycles. The van der Waals surface area contributed by atoms with Gasteiger partial charge >= 0.3 is 0 Å². The molecule has 0 aliphatic carbocycles. The van der Waals surface area contributed by atoms with Crippen LogP contribution in [0.15, 0.2) is 114 Å². The monoisotopic (exact) mass is 1030 g/mol. The topological polar surface area (TPSA) is 56.7 Å². The van der Waals surface area contributed by atoms with Crippen LogP contribution in [0.1, 0.15) is 101 Å². The zero-order chi connectivity index (χ0) is 44.0. The van der Waals surface area contributed by atoms with E-state index in [0.29, 0.717) is 29.4 Å². The van der Waals surface area contributed by atoms with Crippen molar-refractivity contribution in [2.45, 2.75) is 106 Å². The Morgan fingerprint density at radius 1 is 0.714 bits per heavy atom. The number of hydrogen-bond donors (Lipinski definition) is 0. The first kappa shape index (κ1) is 45.8. The second-order valence-corrected chi connectivity index (χ2v) is 24.4. The average Bonchev–Trinajstić information content (AvgIpc) is 3.80. The molecule has 0 atom stereocenters. The maximum Gasteiger partial charge on any atom is 0.216 e. The molecule has 4 heterocycles. The van der Waals surface area contributed by atoms with Crippen LogP contribution in [0.3, 0.4) is 0 Å². The largest absolute Gasteiger partial charge is 0.486 e. The Hall–Kier alpha value is -5.20. The fourth-order valence-corrected chi connectivity index (χ4v) is 10.4. The molecule has 0 amide bonds. The molecule has 63 heavy (non-hydrogen) atoms. The molecule has 4 aromatic heterocycles. The molecule has 325 valence electrons. The van der Waals surface area contributed by atoms with E-state index in [1.165, 1.54) is 43.9 Å². The molecule has 0 fully saturated rings. The molecule has 9 aromatic rings. The van der Waals surface area contributed by atoms with Gasteiger partial charge in [0.1, 0.15) is 0 Å². The number of imidazole rings is 1. The van der Waals surface area contributed by atoms with Crippen molar-refractivity contribution < 1.29 is 24.5 Å². The summed E-state index contributed by atoms with van der Waals surface area (Å²) >= 11 is 0. The molecule has 9 rings (SSSR count). The Bertz CT molecular complexity index is 3060. The van der Waals surface area contributed by atoms with E-state index in [1.54, 1.807) is 0 Å². The number of furan rings is 1. The minimum Gasteiger partial charge on any atom is -0.486 e. The summed E-state index contributed by atoms with van der Waals surface area (Å²) in [6.45, 7) is 27.3. The zero-order valence-electron chi connectivity index (χ0n) is 38.9. The predicted octanol–water partition coefficient (Wildman–Crippen LogP) is 14.9. The fourth-order valence-electron chi connectivity index (χ4n) is 8.85. The number of aryl methyl sites for hydroxylation is 1. The predicted molar refractivity (Wildman–Crippen MR) is 265 cm³/mol. The van der Waals surface area contributed by atoms with Crippen molar-refractivity contribution in [3.8, 4) is 28.3 Å². The van der Waals surface area contributed by atoms with Crippen molar-refractivity contribution in [1.82, 2.24) is 19.5 Å². The van der Waals surface area contributed by atoms with Crippen LogP contribution in [0.4, 0.5) is 0 Å². The van der Waals surface area contributed by atoms with Gasteiger partial charge in [0.15, 0.2) is 0 Å². The Morgan fingerprint density at radius 2 is 1.48 bits per heavy atom. The molecule has 0 aliphatic rings. The Labute approximate surface area is 388 Å². The number of benzene rings is 5. The van der Waals surface area contributed by atoms with Crippen molar-refractivity contribution in [2.75, 3.05) is 0 Å². The SMILES string of the molecule is CC(C)Cc1cc(-c2[c-]cccc2)ncc1[Si](C)(C)C.Cc1ccc2c(c1)nc(-c1[c-]ccc3c1oc1nc(C(C)C)ccc13)n2-c1c(C(C)C)cc2ccccc2c1C(C)C.[Ir]. The zero-order valence-corrected chi connectivity index (χ0v) is 42.3. The van der Waals surface area contributed by atoms with E-state index in [9.17, 15) is 0 Å². The summed E-state index contributed by atoms with van der Waals surface area (Å²) in [6, 6.07) is 43.2. The third kappa shape index (κ3) is 9.11. The molecule has 0 bridgehead atoms. The number of rotatable bonds is 9. The van der Waals surface area contributed by atoms with Gasteiger partial charge in [-0.3, -0.25) is 4.98 Å². The third-order valence-corrected chi connectivity index (χ3v) is 13.9.